The molecule has 13 aromatic rings. The summed E-state index contributed by atoms with van der Waals surface area (Å²) in [5.41, 5.74) is 13.5. The van der Waals surface area contributed by atoms with E-state index in [1.807, 2.05) is 6.07 Å². The summed E-state index contributed by atoms with van der Waals surface area (Å²) < 4.78 is 9.48. The van der Waals surface area contributed by atoms with Crippen LogP contribution in [-0.2, 0) is 0 Å². The Balaban J connectivity index is 1.22. The van der Waals surface area contributed by atoms with E-state index < -0.39 is 0 Å². The molecule has 4 heterocycles. The second-order valence-electron chi connectivity index (χ2n) is 15.6. The lowest BCUT2D eigenvalue weighted by Crippen LogP contribution is -1.98. The highest BCUT2D eigenvalue weighted by molar-refractivity contribution is 6.28. The van der Waals surface area contributed by atoms with Gasteiger partial charge in [0.05, 0.1) is 49.7 Å². The Morgan fingerprint density at radius 1 is 0.283 bits per heavy atom. The minimum absolute atomic E-state index is 0.614. The maximum absolute atomic E-state index is 11.2. The fraction of sp³-hybridized carbons (Fsp3) is 0. The Kier molecular flexibility index (Phi) is 6.73. The van der Waals surface area contributed by atoms with Crippen LogP contribution in [0.2, 0.25) is 0 Å². The lowest BCUT2D eigenvalue weighted by atomic mass is 10.0. The summed E-state index contributed by atoms with van der Waals surface area (Å²) in [6, 6.07) is 74.0. The second-order valence-corrected chi connectivity index (χ2v) is 15.6. The van der Waals surface area contributed by atoms with Gasteiger partial charge in [0.1, 0.15) is 6.07 Å². The van der Waals surface area contributed by atoms with Gasteiger partial charge in [0.2, 0.25) is 0 Å². The standard InChI is InChI=1S/C55H33N5/c56-34-35-32-39(57-48-27-15-12-24-44(48)51-49(57)30-28-42-40-22-10-13-25-46(40)58(54(42)51)36-16-4-1-5-17-36)33-45-52-50(60(53(35)45)38-20-8-3-9-21-38)31-29-43-41-23-11-14-26-47(41)59(55(43)52)37-18-6-2-7-19-37/h1-33H. The van der Waals surface area contributed by atoms with Crippen molar-refractivity contribution >= 4 is 87.2 Å². The van der Waals surface area contributed by atoms with Gasteiger partial charge in [-0.1, -0.05) is 121 Å². The topological polar surface area (TPSA) is 43.5 Å². The molecule has 4 aromatic heterocycles. The number of hydrogen-bond donors (Lipinski definition) is 0. The van der Waals surface area contributed by atoms with E-state index in [0.717, 1.165) is 72.0 Å². The number of para-hydroxylation sites is 6. The molecule has 5 nitrogen and oxygen atoms in total. The molecule has 0 atom stereocenters. The average molecular weight is 764 g/mol. The van der Waals surface area contributed by atoms with Gasteiger partial charge in [0.15, 0.2) is 0 Å². The van der Waals surface area contributed by atoms with Gasteiger partial charge >= 0.3 is 0 Å². The first kappa shape index (κ1) is 32.7. The fourth-order valence-corrected chi connectivity index (χ4v) is 10.2. The molecule has 0 N–H and O–H groups in total. The summed E-state index contributed by atoms with van der Waals surface area (Å²) >= 11 is 0. The van der Waals surface area contributed by atoms with E-state index in [0.29, 0.717) is 5.56 Å². The number of nitriles is 1. The summed E-state index contributed by atoms with van der Waals surface area (Å²) in [6.45, 7) is 0. The molecule has 9 aromatic carbocycles. The van der Waals surface area contributed by atoms with Crippen LogP contribution in [0.3, 0.4) is 0 Å². The molecule has 0 spiro atoms. The molecule has 278 valence electrons. The number of hydrogen-bond acceptors (Lipinski definition) is 1. The first-order valence-corrected chi connectivity index (χ1v) is 20.3. The highest BCUT2D eigenvalue weighted by atomic mass is 15.0. The number of aromatic nitrogens is 4. The first-order valence-electron chi connectivity index (χ1n) is 20.3. The van der Waals surface area contributed by atoms with Crippen LogP contribution in [-0.4, -0.2) is 18.3 Å². The molecule has 0 unspecified atom stereocenters. The predicted octanol–water partition coefficient (Wildman–Crippen LogP) is 13.9. The molecule has 0 bridgehead atoms. The third-order valence-electron chi connectivity index (χ3n) is 12.5. The molecule has 13 rings (SSSR count). The highest BCUT2D eigenvalue weighted by Gasteiger charge is 2.25. The SMILES string of the molecule is N#Cc1cc(-n2c3ccccc3c3c2ccc2c4ccccc4n(-c4ccccc4)c23)cc2c3c(ccc4c5ccccc5n(-c5ccccc5)c43)n(-c3ccccc3)c12. The van der Waals surface area contributed by atoms with Crippen molar-refractivity contribution in [2.75, 3.05) is 0 Å². The maximum atomic E-state index is 11.2. The molecule has 0 amide bonds. The van der Waals surface area contributed by atoms with Gasteiger partial charge in [0, 0.05) is 65.8 Å². The minimum Gasteiger partial charge on any atom is -0.309 e. The zero-order valence-corrected chi connectivity index (χ0v) is 32.3. The van der Waals surface area contributed by atoms with Crippen LogP contribution in [0.5, 0.6) is 0 Å². The van der Waals surface area contributed by atoms with E-state index >= 15 is 0 Å². The molecule has 5 heteroatoms. The summed E-state index contributed by atoms with van der Waals surface area (Å²) in [7, 11) is 0. The Hall–Kier alpha value is -8.33. The molecular weight excluding hydrogens is 731 g/mol. The quantitative estimate of drug-likeness (QED) is 0.176. The van der Waals surface area contributed by atoms with E-state index in [2.05, 4.69) is 218 Å². The summed E-state index contributed by atoms with van der Waals surface area (Å²) in [4.78, 5) is 0. The van der Waals surface area contributed by atoms with Gasteiger partial charge in [-0.2, -0.15) is 5.26 Å². The fourth-order valence-electron chi connectivity index (χ4n) is 10.2. The van der Waals surface area contributed by atoms with Gasteiger partial charge in [-0.15, -0.1) is 0 Å². The van der Waals surface area contributed by atoms with Crippen LogP contribution >= 0.6 is 0 Å². The number of benzene rings is 9. The smallest absolute Gasteiger partial charge is 0.101 e. The Morgan fingerprint density at radius 2 is 0.683 bits per heavy atom. The molecule has 0 radical (unpaired) electrons. The summed E-state index contributed by atoms with van der Waals surface area (Å²) in [6.07, 6.45) is 0. The van der Waals surface area contributed by atoms with Crippen LogP contribution < -0.4 is 0 Å². The lowest BCUT2D eigenvalue weighted by molar-refractivity contribution is 1.16. The van der Waals surface area contributed by atoms with Crippen molar-refractivity contribution in [3.05, 3.63) is 206 Å². The Labute approximate surface area is 344 Å². The highest BCUT2D eigenvalue weighted by Crippen LogP contribution is 2.46. The molecule has 0 fully saturated rings. The van der Waals surface area contributed by atoms with Crippen molar-refractivity contribution in [1.82, 2.24) is 18.3 Å². The molecule has 0 aliphatic carbocycles. The van der Waals surface area contributed by atoms with Crippen molar-refractivity contribution in [3.8, 4) is 28.8 Å². The zero-order chi connectivity index (χ0) is 39.5. The van der Waals surface area contributed by atoms with Gasteiger partial charge in [0.25, 0.3) is 0 Å². The molecule has 60 heavy (non-hydrogen) atoms. The first-order chi connectivity index (χ1) is 29.8. The zero-order valence-electron chi connectivity index (χ0n) is 32.3. The van der Waals surface area contributed by atoms with Gasteiger partial charge < -0.3 is 18.3 Å². The van der Waals surface area contributed by atoms with Crippen molar-refractivity contribution in [2.45, 2.75) is 0 Å². The van der Waals surface area contributed by atoms with Crippen LogP contribution in [0.1, 0.15) is 5.56 Å². The summed E-state index contributed by atoms with van der Waals surface area (Å²) in [5.74, 6) is 0. The van der Waals surface area contributed by atoms with Crippen LogP contribution in [0.4, 0.5) is 0 Å². The molecule has 0 aliphatic rings. The predicted molar refractivity (Wildman–Crippen MR) is 249 cm³/mol. The summed E-state index contributed by atoms with van der Waals surface area (Å²) in [5, 5.41) is 20.5. The molecule has 0 saturated heterocycles. The Morgan fingerprint density at radius 3 is 1.18 bits per heavy atom. The third-order valence-corrected chi connectivity index (χ3v) is 12.5. The Bertz CT molecular complexity index is 3930. The van der Waals surface area contributed by atoms with Gasteiger partial charge in [-0.3, -0.25) is 0 Å². The van der Waals surface area contributed by atoms with Gasteiger partial charge in [-0.05, 0) is 78.9 Å². The number of fused-ring (bicyclic) bond motifs is 14. The van der Waals surface area contributed by atoms with Gasteiger partial charge in [-0.25, -0.2) is 0 Å². The minimum atomic E-state index is 0.614. The number of nitrogens with zero attached hydrogens (tertiary/aromatic N) is 5. The van der Waals surface area contributed by atoms with E-state index in [1.54, 1.807) is 0 Å². The van der Waals surface area contributed by atoms with E-state index in [1.165, 1.54) is 38.0 Å². The largest absolute Gasteiger partial charge is 0.309 e. The third kappa shape index (κ3) is 4.34. The molecule has 0 saturated carbocycles. The van der Waals surface area contributed by atoms with E-state index in [4.69, 9.17) is 0 Å². The number of rotatable bonds is 4. The van der Waals surface area contributed by atoms with Crippen molar-refractivity contribution in [1.29, 1.82) is 5.26 Å². The lowest BCUT2D eigenvalue weighted by Gasteiger charge is -2.12. The van der Waals surface area contributed by atoms with Crippen LogP contribution in [0.25, 0.3) is 110 Å². The van der Waals surface area contributed by atoms with Crippen molar-refractivity contribution < 1.29 is 0 Å². The van der Waals surface area contributed by atoms with Crippen LogP contribution in [0.15, 0.2) is 200 Å². The van der Waals surface area contributed by atoms with E-state index in [-0.39, 0.29) is 0 Å². The normalized spacial score (nSPS) is 12.0. The monoisotopic (exact) mass is 763 g/mol. The molecular formula is C55H33N5. The van der Waals surface area contributed by atoms with Crippen LogP contribution in [0, 0.1) is 11.3 Å². The van der Waals surface area contributed by atoms with Crippen molar-refractivity contribution in [3.63, 3.8) is 0 Å². The maximum Gasteiger partial charge on any atom is 0.101 e. The average Bonchev–Trinajstić information content (AvgIpc) is 4.04. The van der Waals surface area contributed by atoms with Crippen molar-refractivity contribution in [2.24, 2.45) is 0 Å². The molecule has 0 aliphatic heterocycles. The second kappa shape index (κ2) is 12.3. The van der Waals surface area contributed by atoms with E-state index in [9.17, 15) is 5.26 Å².